The summed E-state index contributed by atoms with van der Waals surface area (Å²) in [6, 6.07) is 18.1. The van der Waals surface area contributed by atoms with Gasteiger partial charge in [-0.3, -0.25) is 9.78 Å². The van der Waals surface area contributed by atoms with Crippen molar-refractivity contribution < 1.29 is 4.79 Å². The molecule has 0 aliphatic heterocycles. The first-order valence-electron chi connectivity index (χ1n) is 8.65. The lowest BCUT2D eigenvalue weighted by Crippen LogP contribution is -2.12. The SMILES string of the molecule is Cc1cccc(-c2ccc(C(=O)Nc3ccc4c(c3)CCC4)cn2)c1. The molecule has 25 heavy (non-hydrogen) atoms. The lowest BCUT2D eigenvalue weighted by Gasteiger charge is -2.08. The van der Waals surface area contributed by atoms with Crippen molar-refractivity contribution in [2.24, 2.45) is 0 Å². The zero-order valence-electron chi connectivity index (χ0n) is 14.3. The Balaban J connectivity index is 1.51. The molecule has 2 aromatic carbocycles. The molecule has 3 aromatic rings. The molecule has 0 radical (unpaired) electrons. The Kier molecular flexibility index (Phi) is 4.06. The minimum atomic E-state index is -0.124. The van der Waals surface area contributed by atoms with Crippen LogP contribution in [0.15, 0.2) is 60.8 Å². The summed E-state index contributed by atoms with van der Waals surface area (Å²) in [4.78, 5) is 16.9. The highest BCUT2D eigenvalue weighted by atomic mass is 16.1. The van der Waals surface area contributed by atoms with Gasteiger partial charge in [0.15, 0.2) is 0 Å². The minimum absolute atomic E-state index is 0.124. The monoisotopic (exact) mass is 328 g/mol. The number of carbonyl (C=O) groups excluding carboxylic acids is 1. The largest absolute Gasteiger partial charge is 0.322 e. The lowest BCUT2D eigenvalue weighted by molar-refractivity contribution is 0.102. The number of aromatic nitrogens is 1. The van der Waals surface area contributed by atoms with Crippen LogP contribution in [0.5, 0.6) is 0 Å². The van der Waals surface area contributed by atoms with E-state index in [0.717, 1.165) is 29.8 Å². The minimum Gasteiger partial charge on any atom is -0.322 e. The summed E-state index contributed by atoms with van der Waals surface area (Å²) >= 11 is 0. The highest BCUT2D eigenvalue weighted by Crippen LogP contribution is 2.25. The van der Waals surface area contributed by atoms with Crippen molar-refractivity contribution in [2.45, 2.75) is 26.2 Å². The predicted octanol–water partition coefficient (Wildman–Crippen LogP) is 4.80. The Morgan fingerprint density at radius 2 is 1.88 bits per heavy atom. The normalized spacial score (nSPS) is 12.7. The molecule has 3 heteroatoms. The Labute approximate surface area is 147 Å². The molecule has 0 unspecified atom stereocenters. The van der Waals surface area contributed by atoms with E-state index < -0.39 is 0 Å². The first-order valence-corrected chi connectivity index (χ1v) is 8.65. The summed E-state index contributed by atoms with van der Waals surface area (Å²) in [5.74, 6) is -0.124. The molecule has 0 saturated heterocycles. The van der Waals surface area contributed by atoms with Gasteiger partial charge in [0.1, 0.15) is 0 Å². The third-order valence-corrected chi connectivity index (χ3v) is 4.70. The number of fused-ring (bicyclic) bond motifs is 1. The van der Waals surface area contributed by atoms with Crippen molar-refractivity contribution in [2.75, 3.05) is 5.32 Å². The van der Waals surface area contributed by atoms with Crippen molar-refractivity contribution in [1.82, 2.24) is 4.98 Å². The number of anilines is 1. The zero-order chi connectivity index (χ0) is 17.2. The van der Waals surface area contributed by atoms with Gasteiger partial charge in [0.25, 0.3) is 5.91 Å². The number of benzene rings is 2. The van der Waals surface area contributed by atoms with Crippen LogP contribution < -0.4 is 5.32 Å². The van der Waals surface area contributed by atoms with Gasteiger partial charge in [-0.25, -0.2) is 0 Å². The van der Waals surface area contributed by atoms with Crippen LogP contribution in [0.1, 0.15) is 33.5 Å². The summed E-state index contributed by atoms with van der Waals surface area (Å²) in [6.45, 7) is 2.06. The second-order valence-corrected chi connectivity index (χ2v) is 6.59. The van der Waals surface area contributed by atoms with Crippen LogP contribution in [0.4, 0.5) is 5.69 Å². The summed E-state index contributed by atoms with van der Waals surface area (Å²) in [6.07, 6.45) is 5.09. The van der Waals surface area contributed by atoms with Gasteiger partial charge < -0.3 is 5.32 Å². The molecular weight excluding hydrogens is 308 g/mol. The second kappa shape index (κ2) is 6.52. The van der Waals surface area contributed by atoms with Gasteiger partial charge in [-0.1, -0.05) is 29.8 Å². The molecule has 0 bridgehead atoms. The molecule has 124 valence electrons. The fourth-order valence-corrected chi connectivity index (χ4v) is 3.36. The summed E-state index contributed by atoms with van der Waals surface area (Å²) in [7, 11) is 0. The van der Waals surface area contributed by atoms with Crippen molar-refractivity contribution in [3.8, 4) is 11.3 Å². The first kappa shape index (κ1) is 15.6. The molecule has 3 nitrogen and oxygen atoms in total. The molecule has 0 fully saturated rings. The summed E-state index contributed by atoms with van der Waals surface area (Å²) in [5.41, 5.74) is 7.30. The molecule has 1 aromatic heterocycles. The third kappa shape index (κ3) is 3.31. The maximum Gasteiger partial charge on any atom is 0.257 e. The van der Waals surface area contributed by atoms with Gasteiger partial charge in [0.2, 0.25) is 0 Å². The zero-order valence-corrected chi connectivity index (χ0v) is 14.3. The number of rotatable bonds is 3. The molecule has 1 amide bonds. The van der Waals surface area contributed by atoms with Crippen molar-refractivity contribution in [3.63, 3.8) is 0 Å². The highest BCUT2D eigenvalue weighted by molar-refractivity contribution is 6.04. The second-order valence-electron chi connectivity index (χ2n) is 6.59. The van der Waals surface area contributed by atoms with Crippen molar-refractivity contribution in [3.05, 3.63) is 83.0 Å². The number of nitrogens with one attached hydrogen (secondary N) is 1. The van der Waals surface area contributed by atoms with E-state index in [2.05, 4.69) is 41.5 Å². The van der Waals surface area contributed by atoms with E-state index in [-0.39, 0.29) is 5.91 Å². The third-order valence-electron chi connectivity index (χ3n) is 4.70. The Morgan fingerprint density at radius 3 is 2.68 bits per heavy atom. The fraction of sp³-hybridized carbons (Fsp3) is 0.182. The smallest absolute Gasteiger partial charge is 0.257 e. The van der Waals surface area contributed by atoms with Crippen molar-refractivity contribution in [1.29, 1.82) is 0 Å². The molecular formula is C22H20N2O. The standard InChI is InChI=1S/C22H20N2O/c1-15-4-2-7-18(12-15)21-11-9-19(14-23-21)22(25)24-20-10-8-16-5-3-6-17(16)13-20/h2,4,7-14H,3,5-6H2,1H3,(H,24,25). The van der Waals surface area contributed by atoms with Gasteiger partial charge in [0, 0.05) is 17.4 Å². The Morgan fingerprint density at radius 1 is 1.00 bits per heavy atom. The van der Waals surface area contributed by atoms with E-state index in [4.69, 9.17) is 0 Å². The van der Waals surface area contributed by atoms with Crippen LogP contribution >= 0.6 is 0 Å². The Bertz CT molecular complexity index is 929. The summed E-state index contributed by atoms with van der Waals surface area (Å²) in [5, 5.41) is 2.98. The van der Waals surface area contributed by atoms with E-state index in [1.807, 2.05) is 30.3 Å². The fourth-order valence-electron chi connectivity index (χ4n) is 3.36. The van der Waals surface area contributed by atoms with E-state index in [9.17, 15) is 4.79 Å². The average molecular weight is 328 g/mol. The van der Waals surface area contributed by atoms with Gasteiger partial charge in [0.05, 0.1) is 11.3 Å². The Hall–Kier alpha value is -2.94. The number of hydrogen-bond acceptors (Lipinski definition) is 2. The van der Waals surface area contributed by atoms with E-state index in [1.165, 1.54) is 23.1 Å². The predicted molar refractivity (Wildman–Crippen MR) is 101 cm³/mol. The van der Waals surface area contributed by atoms with Gasteiger partial charge in [-0.15, -0.1) is 0 Å². The number of nitrogens with zero attached hydrogens (tertiary/aromatic N) is 1. The molecule has 4 rings (SSSR count). The van der Waals surface area contributed by atoms with Gasteiger partial charge >= 0.3 is 0 Å². The van der Waals surface area contributed by atoms with E-state index >= 15 is 0 Å². The maximum atomic E-state index is 12.5. The van der Waals surface area contributed by atoms with Crippen LogP contribution in [0.2, 0.25) is 0 Å². The quantitative estimate of drug-likeness (QED) is 0.750. The number of amides is 1. The average Bonchev–Trinajstić information content (AvgIpc) is 3.09. The maximum absolute atomic E-state index is 12.5. The van der Waals surface area contributed by atoms with Crippen LogP contribution in [0.25, 0.3) is 11.3 Å². The van der Waals surface area contributed by atoms with Crippen LogP contribution in [0, 0.1) is 6.92 Å². The van der Waals surface area contributed by atoms with E-state index in [1.54, 1.807) is 6.20 Å². The van der Waals surface area contributed by atoms with Crippen LogP contribution in [-0.4, -0.2) is 10.9 Å². The lowest BCUT2D eigenvalue weighted by atomic mass is 10.1. The topological polar surface area (TPSA) is 42.0 Å². The van der Waals surface area contributed by atoms with Crippen LogP contribution in [-0.2, 0) is 12.8 Å². The molecule has 0 saturated carbocycles. The molecule has 1 aliphatic rings. The van der Waals surface area contributed by atoms with Gasteiger partial charge in [-0.2, -0.15) is 0 Å². The number of pyridine rings is 1. The number of carbonyl (C=O) groups is 1. The summed E-state index contributed by atoms with van der Waals surface area (Å²) < 4.78 is 0. The molecule has 0 atom stereocenters. The number of aryl methyl sites for hydroxylation is 3. The van der Waals surface area contributed by atoms with Crippen LogP contribution in [0.3, 0.4) is 0 Å². The molecule has 1 aliphatic carbocycles. The molecule has 1 N–H and O–H groups in total. The molecule has 1 heterocycles. The highest BCUT2D eigenvalue weighted by Gasteiger charge is 2.13. The first-order chi connectivity index (χ1) is 12.2. The van der Waals surface area contributed by atoms with E-state index in [0.29, 0.717) is 5.56 Å². The van der Waals surface area contributed by atoms with Crippen molar-refractivity contribution >= 4 is 11.6 Å². The number of hydrogen-bond donors (Lipinski definition) is 1. The molecule has 0 spiro atoms. The van der Waals surface area contributed by atoms with Gasteiger partial charge in [-0.05, 0) is 67.6 Å².